The number of fused-ring (bicyclic) bond motifs is 2. The molecule has 1 saturated heterocycles. The highest BCUT2D eigenvalue weighted by molar-refractivity contribution is 5.92. The molecule has 0 amide bonds. The Bertz CT molecular complexity index is 1320. The first-order valence-corrected chi connectivity index (χ1v) is 11.7. The Balaban J connectivity index is 1.56. The Labute approximate surface area is 194 Å². The van der Waals surface area contributed by atoms with Gasteiger partial charge in [0.15, 0.2) is 5.65 Å². The van der Waals surface area contributed by atoms with E-state index in [-0.39, 0.29) is 0 Å². The van der Waals surface area contributed by atoms with Crippen molar-refractivity contribution in [2.45, 2.75) is 45.1 Å². The highest BCUT2D eigenvalue weighted by atomic mass is 16.5. The van der Waals surface area contributed by atoms with Crippen molar-refractivity contribution < 1.29 is 4.74 Å². The number of rotatable bonds is 6. The van der Waals surface area contributed by atoms with Crippen LogP contribution in [0.2, 0.25) is 0 Å². The van der Waals surface area contributed by atoms with Crippen molar-refractivity contribution >= 4 is 16.6 Å². The number of piperidine rings is 1. The molecule has 5 rings (SSSR count). The van der Waals surface area contributed by atoms with Crippen LogP contribution in [-0.4, -0.2) is 51.2 Å². The molecule has 1 fully saturated rings. The zero-order valence-electron chi connectivity index (χ0n) is 19.5. The molecule has 0 bridgehead atoms. The molecule has 4 aromatic rings. The number of aromatic nitrogens is 4. The summed E-state index contributed by atoms with van der Waals surface area (Å²) in [4.78, 5) is 10.3. The van der Waals surface area contributed by atoms with Crippen LogP contribution in [0.1, 0.15) is 55.2 Å². The van der Waals surface area contributed by atoms with Gasteiger partial charge in [0.25, 0.3) is 0 Å². The number of methoxy groups -OCH3 is 1. The van der Waals surface area contributed by atoms with Crippen molar-refractivity contribution in [3.8, 4) is 17.3 Å². The van der Waals surface area contributed by atoms with Crippen LogP contribution in [0.3, 0.4) is 0 Å². The molecule has 7 heteroatoms. The number of aromatic amines is 1. The summed E-state index contributed by atoms with van der Waals surface area (Å²) in [6.45, 7) is 7.51. The SMILES string of the molecule is COCc1cc(-c2[nH]c3ccc(C4CCN(CC#N)CC4)cc3c2C(C)C)cn2ncnc12. The molecule has 1 aliphatic rings. The van der Waals surface area contributed by atoms with Gasteiger partial charge in [-0.1, -0.05) is 19.9 Å². The highest BCUT2D eigenvalue weighted by Gasteiger charge is 2.23. The Morgan fingerprint density at radius 2 is 2.06 bits per heavy atom. The fourth-order valence-corrected chi connectivity index (χ4v) is 5.23. The fraction of sp³-hybridized carbons (Fsp3) is 0.423. The van der Waals surface area contributed by atoms with Crippen LogP contribution in [0, 0.1) is 11.3 Å². The van der Waals surface area contributed by atoms with Gasteiger partial charge in [-0.25, -0.2) is 9.50 Å². The van der Waals surface area contributed by atoms with E-state index in [0.29, 0.717) is 25.0 Å². The first-order chi connectivity index (χ1) is 16.1. The van der Waals surface area contributed by atoms with Crippen LogP contribution in [0.4, 0.5) is 0 Å². The van der Waals surface area contributed by atoms with Gasteiger partial charge < -0.3 is 9.72 Å². The van der Waals surface area contributed by atoms with Crippen LogP contribution in [0.15, 0.2) is 36.8 Å². The van der Waals surface area contributed by atoms with Crippen LogP contribution >= 0.6 is 0 Å². The average molecular weight is 443 g/mol. The summed E-state index contributed by atoms with van der Waals surface area (Å²) < 4.78 is 7.26. The molecule has 0 radical (unpaired) electrons. The molecule has 7 nitrogen and oxygen atoms in total. The van der Waals surface area contributed by atoms with Gasteiger partial charge in [-0.15, -0.1) is 0 Å². The van der Waals surface area contributed by atoms with Crippen molar-refractivity contribution in [2.24, 2.45) is 0 Å². The van der Waals surface area contributed by atoms with E-state index in [2.05, 4.69) is 64.1 Å². The monoisotopic (exact) mass is 442 g/mol. The molecule has 0 aliphatic carbocycles. The molecule has 170 valence electrons. The van der Waals surface area contributed by atoms with E-state index in [9.17, 15) is 0 Å². The van der Waals surface area contributed by atoms with E-state index in [4.69, 9.17) is 10.00 Å². The van der Waals surface area contributed by atoms with Gasteiger partial charge in [-0.2, -0.15) is 10.4 Å². The lowest BCUT2D eigenvalue weighted by Gasteiger charge is -2.30. The minimum atomic E-state index is 0.360. The largest absolute Gasteiger partial charge is 0.380 e. The Kier molecular flexibility index (Phi) is 5.88. The third kappa shape index (κ3) is 4.01. The van der Waals surface area contributed by atoms with Gasteiger partial charge in [0.05, 0.1) is 24.9 Å². The van der Waals surface area contributed by atoms with Crippen LogP contribution in [-0.2, 0) is 11.3 Å². The van der Waals surface area contributed by atoms with Crippen LogP contribution < -0.4 is 0 Å². The second kappa shape index (κ2) is 8.97. The van der Waals surface area contributed by atoms with Crippen molar-refractivity contribution in [3.63, 3.8) is 0 Å². The molecule has 1 aliphatic heterocycles. The standard InChI is InChI=1S/C26H30N6O/c1-17(2)24-22-13-19(18-6-9-31(10-7-18)11-8-27)4-5-23(22)30-25(24)20-12-21(15-33-3)26-28-16-29-32(26)14-20/h4-5,12-14,16-18,30H,6-7,9-11,15H2,1-3H3. The molecule has 3 aromatic heterocycles. The highest BCUT2D eigenvalue weighted by Crippen LogP contribution is 2.38. The zero-order valence-corrected chi connectivity index (χ0v) is 19.5. The van der Waals surface area contributed by atoms with Gasteiger partial charge in [0.1, 0.15) is 6.33 Å². The molecular formula is C26H30N6O. The van der Waals surface area contributed by atoms with E-state index in [1.807, 2.05) is 10.7 Å². The molecular weight excluding hydrogens is 412 g/mol. The minimum Gasteiger partial charge on any atom is -0.380 e. The van der Waals surface area contributed by atoms with E-state index >= 15 is 0 Å². The van der Waals surface area contributed by atoms with E-state index in [0.717, 1.165) is 53.9 Å². The Morgan fingerprint density at radius 3 is 2.79 bits per heavy atom. The number of hydrogen-bond acceptors (Lipinski definition) is 5. The molecule has 0 atom stereocenters. The third-order valence-electron chi connectivity index (χ3n) is 6.83. The van der Waals surface area contributed by atoms with Crippen molar-refractivity contribution in [3.05, 3.63) is 53.5 Å². The summed E-state index contributed by atoms with van der Waals surface area (Å²) in [6, 6.07) is 11.3. The maximum Gasteiger partial charge on any atom is 0.160 e. The zero-order chi connectivity index (χ0) is 22.9. The summed E-state index contributed by atoms with van der Waals surface area (Å²) in [7, 11) is 1.70. The molecule has 1 N–H and O–H groups in total. The normalized spacial score (nSPS) is 15.6. The second-order valence-corrected chi connectivity index (χ2v) is 9.30. The van der Waals surface area contributed by atoms with E-state index in [1.54, 1.807) is 13.4 Å². The first kappa shape index (κ1) is 21.6. The quantitative estimate of drug-likeness (QED) is 0.432. The summed E-state index contributed by atoms with van der Waals surface area (Å²) in [5, 5.41) is 14.7. The number of nitrogens with zero attached hydrogens (tertiary/aromatic N) is 5. The van der Waals surface area contributed by atoms with Crippen molar-refractivity contribution in [1.29, 1.82) is 5.26 Å². The number of ether oxygens (including phenoxy) is 1. The number of pyridine rings is 1. The van der Waals surface area contributed by atoms with Gasteiger partial charge in [-0.05, 0) is 67.1 Å². The van der Waals surface area contributed by atoms with Crippen molar-refractivity contribution in [2.75, 3.05) is 26.7 Å². The van der Waals surface area contributed by atoms with Gasteiger partial charge in [0, 0.05) is 35.3 Å². The number of hydrogen-bond donors (Lipinski definition) is 1. The second-order valence-electron chi connectivity index (χ2n) is 9.30. The average Bonchev–Trinajstić information content (AvgIpc) is 3.44. The predicted molar refractivity (Wildman–Crippen MR) is 129 cm³/mol. The molecule has 1 aromatic carbocycles. The lowest BCUT2D eigenvalue weighted by Crippen LogP contribution is -2.33. The smallest absolute Gasteiger partial charge is 0.160 e. The summed E-state index contributed by atoms with van der Waals surface area (Å²) in [5.74, 6) is 0.904. The fourth-order valence-electron chi connectivity index (χ4n) is 5.23. The number of nitriles is 1. The summed E-state index contributed by atoms with van der Waals surface area (Å²) in [5.41, 5.74) is 7.96. The maximum atomic E-state index is 8.98. The lowest BCUT2D eigenvalue weighted by atomic mass is 9.87. The lowest BCUT2D eigenvalue weighted by molar-refractivity contribution is 0.185. The van der Waals surface area contributed by atoms with E-state index in [1.165, 1.54) is 16.5 Å². The number of H-pyrrole nitrogens is 1. The first-order valence-electron chi connectivity index (χ1n) is 11.7. The maximum absolute atomic E-state index is 8.98. The third-order valence-corrected chi connectivity index (χ3v) is 6.83. The molecule has 33 heavy (non-hydrogen) atoms. The number of benzene rings is 1. The Morgan fingerprint density at radius 1 is 1.24 bits per heavy atom. The molecule has 0 spiro atoms. The number of nitrogens with one attached hydrogen (secondary N) is 1. The topological polar surface area (TPSA) is 82.2 Å². The number of likely N-dealkylation sites (tertiary alicyclic amines) is 1. The van der Waals surface area contributed by atoms with Crippen LogP contribution in [0.25, 0.3) is 27.8 Å². The molecule has 0 saturated carbocycles. The predicted octanol–water partition coefficient (Wildman–Crippen LogP) is 4.85. The van der Waals surface area contributed by atoms with Gasteiger partial charge in [0.2, 0.25) is 0 Å². The van der Waals surface area contributed by atoms with Crippen LogP contribution in [0.5, 0.6) is 0 Å². The van der Waals surface area contributed by atoms with E-state index < -0.39 is 0 Å². The minimum absolute atomic E-state index is 0.360. The molecule has 0 unspecified atom stereocenters. The Hall–Kier alpha value is -3.21. The van der Waals surface area contributed by atoms with Gasteiger partial charge in [-0.3, -0.25) is 4.90 Å². The summed E-state index contributed by atoms with van der Waals surface area (Å²) in [6.07, 6.45) is 5.83. The molecule has 4 heterocycles. The van der Waals surface area contributed by atoms with Crippen molar-refractivity contribution in [1.82, 2.24) is 24.5 Å². The van der Waals surface area contributed by atoms with Gasteiger partial charge >= 0.3 is 0 Å². The summed E-state index contributed by atoms with van der Waals surface area (Å²) >= 11 is 0.